The molecule has 0 aromatic carbocycles. The molecule has 8 heteroatoms. The Kier molecular flexibility index (Phi) is 5.70. The molecule has 2 fully saturated rings. The van der Waals surface area contributed by atoms with Crippen molar-refractivity contribution in [2.24, 2.45) is 0 Å². The summed E-state index contributed by atoms with van der Waals surface area (Å²) in [6.07, 6.45) is 8.19. The lowest BCUT2D eigenvalue weighted by Gasteiger charge is -2.37. The summed E-state index contributed by atoms with van der Waals surface area (Å²) in [6.45, 7) is 5.97. The fraction of sp³-hybridized carbons (Fsp3) is 0.667. The highest BCUT2D eigenvalue weighted by molar-refractivity contribution is 7.98. The molecule has 1 aromatic rings. The van der Waals surface area contributed by atoms with Crippen LogP contribution < -0.4 is 0 Å². The number of hydrogen-bond donors (Lipinski definition) is 0. The fourth-order valence-electron chi connectivity index (χ4n) is 3.65. The van der Waals surface area contributed by atoms with Gasteiger partial charge in [0, 0.05) is 44.4 Å². The van der Waals surface area contributed by atoms with E-state index in [0.29, 0.717) is 43.2 Å². The van der Waals surface area contributed by atoms with E-state index in [1.165, 1.54) is 11.8 Å². The molecule has 0 aliphatic carbocycles. The van der Waals surface area contributed by atoms with Crippen LogP contribution in [0, 0.1) is 0 Å². The molecule has 2 amide bonds. The lowest BCUT2D eigenvalue weighted by Crippen LogP contribution is -2.49. The number of nitrogens with zero attached hydrogens (tertiary/aromatic N) is 4. The van der Waals surface area contributed by atoms with Crippen LogP contribution >= 0.6 is 11.8 Å². The number of aromatic nitrogens is 2. The van der Waals surface area contributed by atoms with Gasteiger partial charge in [-0.25, -0.2) is 14.8 Å². The number of thioether (sulfide) groups is 1. The van der Waals surface area contributed by atoms with Gasteiger partial charge in [-0.05, 0) is 19.6 Å². The molecule has 26 heavy (non-hydrogen) atoms. The van der Waals surface area contributed by atoms with Crippen LogP contribution in [0.4, 0.5) is 4.79 Å². The van der Waals surface area contributed by atoms with Gasteiger partial charge in [-0.1, -0.05) is 25.1 Å². The molecule has 2 aliphatic rings. The van der Waals surface area contributed by atoms with E-state index in [-0.39, 0.29) is 18.0 Å². The Labute approximate surface area is 158 Å². The second kappa shape index (κ2) is 7.82. The number of carbonyl (C=O) groups excluding carboxylic acids is 2. The van der Waals surface area contributed by atoms with Gasteiger partial charge in [0.2, 0.25) is 0 Å². The highest BCUT2D eigenvalue weighted by atomic mass is 32.2. The van der Waals surface area contributed by atoms with Crippen molar-refractivity contribution in [1.82, 2.24) is 19.8 Å². The molecule has 142 valence electrons. The lowest BCUT2D eigenvalue weighted by atomic mass is 9.90. The Balaban J connectivity index is 1.60. The molecule has 0 saturated carbocycles. The van der Waals surface area contributed by atoms with Crippen LogP contribution in [0.25, 0.3) is 0 Å². The molecule has 7 nitrogen and oxygen atoms in total. The summed E-state index contributed by atoms with van der Waals surface area (Å²) < 4.78 is 5.76. The van der Waals surface area contributed by atoms with Gasteiger partial charge in [-0.15, -0.1) is 0 Å². The highest BCUT2D eigenvalue weighted by Gasteiger charge is 2.48. The fourth-order valence-corrected chi connectivity index (χ4v) is 3.97. The van der Waals surface area contributed by atoms with Gasteiger partial charge in [0.1, 0.15) is 5.60 Å². The van der Waals surface area contributed by atoms with Crippen molar-refractivity contribution >= 4 is 23.8 Å². The topological polar surface area (TPSA) is 75.6 Å². The maximum Gasteiger partial charge on any atom is 0.410 e. The molecule has 0 unspecified atom stereocenters. The summed E-state index contributed by atoms with van der Waals surface area (Å²) in [5.41, 5.74) is 0.0510. The van der Waals surface area contributed by atoms with Crippen molar-refractivity contribution in [3.05, 3.63) is 18.0 Å². The predicted molar refractivity (Wildman–Crippen MR) is 99.2 cm³/mol. The summed E-state index contributed by atoms with van der Waals surface area (Å²) in [5.74, 6) is -0.0620. The number of piperidine rings is 1. The zero-order valence-electron chi connectivity index (χ0n) is 15.6. The van der Waals surface area contributed by atoms with Gasteiger partial charge in [-0.3, -0.25) is 4.79 Å². The third-order valence-corrected chi connectivity index (χ3v) is 5.83. The zero-order valence-corrected chi connectivity index (χ0v) is 16.4. The monoisotopic (exact) mass is 378 g/mol. The van der Waals surface area contributed by atoms with Crippen LogP contribution in [-0.2, 0) is 4.74 Å². The summed E-state index contributed by atoms with van der Waals surface area (Å²) in [5, 5.41) is 0.651. The molecule has 1 spiro atoms. The second-order valence-corrected chi connectivity index (χ2v) is 7.84. The molecule has 1 atom stereocenters. The molecule has 2 saturated heterocycles. The Morgan fingerprint density at radius 1 is 1.35 bits per heavy atom. The molecule has 3 rings (SSSR count). The first kappa shape index (κ1) is 18.9. The molecule has 0 N–H and O–H groups in total. The average Bonchev–Trinajstić information content (AvgIpc) is 2.98. The van der Waals surface area contributed by atoms with E-state index in [2.05, 4.69) is 23.8 Å². The van der Waals surface area contributed by atoms with Crippen LogP contribution in [0.5, 0.6) is 0 Å². The van der Waals surface area contributed by atoms with Crippen molar-refractivity contribution in [3.8, 4) is 0 Å². The van der Waals surface area contributed by atoms with Crippen LogP contribution in [-0.4, -0.2) is 69.3 Å². The first-order valence-electron chi connectivity index (χ1n) is 9.13. The number of amides is 2. The number of ether oxygens (including phenoxy) is 1. The quantitative estimate of drug-likeness (QED) is 0.579. The van der Waals surface area contributed by atoms with E-state index in [0.717, 1.165) is 12.8 Å². The largest absolute Gasteiger partial charge is 0.441 e. The van der Waals surface area contributed by atoms with Gasteiger partial charge >= 0.3 is 6.09 Å². The van der Waals surface area contributed by atoms with Crippen molar-refractivity contribution in [1.29, 1.82) is 0 Å². The predicted octanol–water partition coefficient (Wildman–Crippen LogP) is 2.81. The van der Waals surface area contributed by atoms with E-state index in [9.17, 15) is 9.59 Å². The van der Waals surface area contributed by atoms with E-state index < -0.39 is 5.60 Å². The van der Waals surface area contributed by atoms with Crippen molar-refractivity contribution in [2.75, 3.05) is 25.9 Å². The Hall–Kier alpha value is -1.83. The smallest absolute Gasteiger partial charge is 0.410 e. The first-order valence-corrected chi connectivity index (χ1v) is 10.4. The van der Waals surface area contributed by atoms with E-state index in [4.69, 9.17) is 4.74 Å². The standard InChI is InChI=1S/C18H26N4O3S/c1-4-5-13(2)22-12-18(25-17(22)24)6-8-21(9-7-18)15(23)14-10-19-16(26-3)20-11-14/h10-11,13H,4-9,12H2,1-3H3/t13-/m1/s1. The minimum atomic E-state index is -0.449. The van der Waals surface area contributed by atoms with Gasteiger partial charge in [0.15, 0.2) is 5.16 Å². The molecular weight excluding hydrogens is 352 g/mol. The average molecular weight is 378 g/mol. The van der Waals surface area contributed by atoms with Gasteiger partial charge in [0.25, 0.3) is 5.91 Å². The van der Waals surface area contributed by atoms with Crippen LogP contribution in [0.3, 0.4) is 0 Å². The molecular formula is C18H26N4O3S. The Bertz CT molecular complexity index is 659. The maximum atomic E-state index is 12.6. The molecule has 3 heterocycles. The van der Waals surface area contributed by atoms with Crippen molar-refractivity contribution in [2.45, 2.75) is 56.3 Å². The third kappa shape index (κ3) is 3.79. The van der Waals surface area contributed by atoms with E-state index >= 15 is 0 Å². The van der Waals surface area contributed by atoms with Crippen molar-refractivity contribution in [3.63, 3.8) is 0 Å². The molecule has 2 aliphatic heterocycles. The molecule has 1 aromatic heterocycles. The van der Waals surface area contributed by atoms with Gasteiger partial charge in [0.05, 0.1) is 12.1 Å². The molecule has 0 radical (unpaired) electrons. The van der Waals surface area contributed by atoms with Crippen LogP contribution in [0.1, 0.15) is 49.9 Å². The van der Waals surface area contributed by atoms with Crippen LogP contribution in [0.15, 0.2) is 17.6 Å². The summed E-state index contributed by atoms with van der Waals surface area (Å²) in [6, 6.07) is 0.193. The van der Waals surface area contributed by atoms with Crippen LogP contribution in [0.2, 0.25) is 0 Å². The van der Waals surface area contributed by atoms with Gasteiger partial charge in [-0.2, -0.15) is 0 Å². The highest BCUT2D eigenvalue weighted by Crippen LogP contribution is 2.35. The van der Waals surface area contributed by atoms with E-state index in [1.807, 2.05) is 11.2 Å². The third-order valence-electron chi connectivity index (χ3n) is 5.25. The Morgan fingerprint density at radius 3 is 2.58 bits per heavy atom. The zero-order chi connectivity index (χ0) is 18.7. The summed E-state index contributed by atoms with van der Waals surface area (Å²) in [7, 11) is 0. The first-order chi connectivity index (χ1) is 12.5. The number of carbonyl (C=O) groups is 2. The normalized spacial score (nSPS) is 20.3. The minimum absolute atomic E-state index is 0.0620. The lowest BCUT2D eigenvalue weighted by molar-refractivity contribution is 0.00304. The summed E-state index contributed by atoms with van der Waals surface area (Å²) in [4.78, 5) is 36.9. The van der Waals surface area contributed by atoms with Crippen molar-refractivity contribution < 1.29 is 14.3 Å². The molecule has 0 bridgehead atoms. The maximum absolute atomic E-state index is 12.6. The number of likely N-dealkylation sites (tertiary alicyclic amines) is 1. The second-order valence-electron chi connectivity index (χ2n) is 7.07. The van der Waals surface area contributed by atoms with Gasteiger partial charge < -0.3 is 14.5 Å². The summed E-state index contributed by atoms with van der Waals surface area (Å²) >= 11 is 1.44. The Morgan fingerprint density at radius 2 is 2.00 bits per heavy atom. The van der Waals surface area contributed by atoms with E-state index in [1.54, 1.807) is 17.3 Å². The number of rotatable bonds is 5. The number of hydrogen-bond acceptors (Lipinski definition) is 6. The minimum Gasteiger partial charge on any atom is -0.441 e. The SMILES string of the molecule is CCC[C@@H](C)N1CC2(CCN(C(=O)c3cnc(SC)nc3)CC2)OC1=O.